The normalized spacial score (nSPS) is 23.3. The number of Topliss-reactive ketones (excluding diaryl/α,β-unsaturated/α-hetero) is 1. The number of rotatable bonds is 60. The topological polar surface area (TPSA) is 297 Å². The van der Waals surface area contributed by atoms with E-state index in [1.807, 2.05) is 0 Å². The molecule has 2 rings (SSSR count). The Morgan fingerprint density at radius 3 is 1.51 bits per heavy atom. The number of methoxy groups -OCH3 is 2. The molecule has 2 heterocycles. The highest BCUT2D eigenvalue weighted by atomic mass is 31.2. The van der Waals surface area contributed by atoms with E-state index in [2.05, 4.69) is 50.5 Å². The van der Waals surface area contributed by atoms with Crippen LogP contribution in [0.15, 0.2) is 12.2 Å². The van der Waals surface area contributed by atoms with Gasteiger partial charge >= 0.3 is 15.6 Å². The van der Waals surface area contributed by atoms with E-state index in [1.165, 1.54) is 58.5 Å². The summed E-state index contributed by atoms with van der Waals surface area (Å²) < 4.78 is 79.5. The van der Waals surface area contributed by atoms with Crippen molar-refractivity contribution in [2.75, 3.05) is 40.6 Å². The number of aliphatic hydroxyl groups is 2. The first-order chi connectivity index (χ1) is 42.9. The molecule has 0 aliphatic carbocycles. The molecule has 8 N–H and O–H groups in total. The number of hydrogen-bond acceptors (Lipinski definition) is 16. The van der Waals surface area contributed by atoms with E-state index < -0.39 is 102 Å². The number of unbranched alkanes of at least 4 members (excludes halogenated alkanes) is 30. The van der Waals surface area contributed by atoms with Crippen molar-refractivity contribution in [1.29, 1.82) is 0 Å². The van der Waals surface area contributed by atoms with E-state index in [1.54, 1.807) is 7.11 Å². The molecule has 2 aliphatic heterocycles. The van der Waals surface area contributed by atoms with Crippen LogP contribution in [0.1, 0.15) is 285 Å². The second-order valence-electron chi connectivity index (χ2n) is 25.0. The van der Waals surface area contributed by atoms with Crippen LogP contribution in [0.5, 0.6) is 0 Å². The first kappa shape index (κ1) is 83.8. The second kappa shape index (κ2) is 52.9. The number of amides is 1. The molecule has 0 spiro atoms. The SMILES string of the molecule is CCCCCC/C=C\CCCCCCCCC[C@@H](O)N[C@H]1[C@H](OC[C@H]2O[C@H](OP(=O)(O)O)[C@H](NC(=O)CC(=O)CCCCCCCCCCC)[C@@H](OCCCCCCCCCC)[C@@H]2O)O[C@H](COC)[C@@H](OP(=O)(O)O)[C@@H]1OCCC(CCCCCCC)OC. The van der Waals surface area contributed by atoms with Gasteiger partial charge in [0.05, 0.1) is 31.8 Å². The number of ketones is 1. The Labute approximate surface area is 537 Å². The molecule has 0 radical (unpaired) electrons. The van der Waals surface area contributed by atoms with Gasteiger partial charge in [0.1, 0.15) is 54.7 Å². The second-order valence-corrected chi connectivity index (χ2v) is 27.4. The van der Waals surface area contributed by atoms with E-state index in [9.17, 15) is 48.5 Å². The third-order valence-corrected chi connectivity index (χ3v) is 18.0. The van der Waals surface area contributed by atoms with Crippen molar-refractivity contribution in [3.05, 3.63) is 12.2 Å². The zero-order valence-electron chi connectivity index (χ0n) is 56.1. The van der Waals surface area contributed by atoms with Crippen molar-refractivity contribution in [3.8, 4) is 0 Å². The predicted molar refractivity (Wildman–Crippen MR) is 348 cm³/mol. The van der Waals surface area contributed by atoms with Crippen LogP contribution < -0.4 is 10.6 Å². The fourth-order valence-corrected chi connectivity index (χ4v) is 12.8. The highest BCUT2D eigenvalue weighted by Crippen LogP contribution is 2.44. The van der Waals surface area contributed by atoms with Gasteiger partial charge in [-0.3, -0.25) is 24.0 Å². The summed E-state index contributed by atoms with van der Waals surface area (Å²) in [4.78, 5) is 68.1. The van der Waals surface area contributed by atoms with Crippen LogP contribution >= 0.6 is 15.6 Å². The molecule has 23 heteroatoms. The third kappa shape index (κ3) is 41.3. The van der Waals surface area contributed by atoms with Crippen LogP contribution in [-0.4, -0.2) is 156 Å². The molecular weight excluding hydrogens is 1190 g/mol. The number of phosphoric acid groups is 2. The lowest BCUT2D eigenvalue weighted by Crippen LogP contribution is -2.68. The summed E-state index contributed by atoms with van der Waals surface area (Å²) in [5.41, 5.74) is 0. The Bertz CT molecular complexity index is 1850. The number of ether oxygens (including phenoxy) is 7. The lowest BCUT2D eigenvalue weighted by molar-refractivity contribution is -0.303. The van der Waals surface area contributed by atoms with Gasteiger partial charge in [-0.1, -0.05) is 220 Å². The number of allylic oxidation sites excluding steroid dienone is 2. The minimum absolute atomic E-state index is 0.0386. The maximum absolute atomic E-state index is 13.7. The molecule has 526 valence electrons. The maximum atomic E-state index is 13.7. The fraction of sp³-hybridized carbons (Fsp3) is 0.939. The van der Waals surface area contributed by atoms with E-state index >= 15 is 0 Å². The Balaban J connectivity index is 2.45. The molecule has 0 aromatic rings. The Morgan fingerprint density at radius 1 is 0.506 bits per heavy atom. The van der Waals surface area contributed by atoms with Crippen molar-refractivity contribution in [2.45, 2.75) is 358 Å². The largest absolute Gasteiger partial charge is 0.472 e. The van der Waals surface area contributed by atoms with Gasteiger partial charge in [0.2, 0.25) is 5.91 Å². The number of carbonyl (C=O) groups excluding carboxylic acids is 2. The molecule has 12 atom stereocenters. The van der Waals surface area contributed by atoms with Crippen LogP contribution in [-0.2, 0) is 60.9 Å². The Hall–Kier alpha value is -1.30. The van der Waals surface area contributed by atoms with Crippen molar-refractivity contribution in [2.24, 2.45) is 0 Å². The average molecular weight is 1320 g/mol. The molecule has 1 unspecified atom stereocenters. The average Bonchev–Trinajstić information content (AvgIpc) is 0.966. The van der Waals surface area contributed by atoms with Gasteiger partial charge in [-0.2, -0.15) is 0 Å². The number of carbonyl (C=O) groups is 2. The van der Waals surface area contributed by atoms with Crippen LogP contribution in [0.2, 0.25) is 0 Å². The zero-order valence-corrected chi connectivity index (χ0v) is 57.9. The summed E-state index contributed by atoms with van der Waals surface area (Å²) in [7, 11) is -7.63. The summed E-state index contributed by atoms with van der Waals surface area (Å²) in [5.74, 6) is -1.08. The van der Waals surface area contributed by atoms with Crippen LogP contribution in [0.25, 0.3) is 0 Å². The van der Waals surface area contributed by atoms with Gasteiger partial charge in [-0.05, 0) is 64.2 Å². The standard InChI is InChI=1S/C66H128N2O19P2/c1-7-11-15-19-22-25-26-27-28-29-30-32-34-38-42-46-57(70)67-60-64(82-49-47-54(80-6)45-41-36-18-14-10-4)62(86-88(73,74)75)56(51-79-5)85-65(60)83-52-55-61(72)63(81-48-43-39-35-24-21-17-13-9-3)59(66(84-55)87-89(76,77)78)68-58(71)50-53(69)44-40-37-33-31-23-20-16-12-8-2/h25-26,54-57,59-67,70,72H,7-24,27-52H2,1-6H3,(H,68,71)(H2,73,74,75)(H2,76,77,78)/b26-25-/t54?,55-,56-,57-,59-,60-,61-,62-,63-,64-,65-,66-/m1/s1. The lowest BCUT2D eigenvalue weighted by atomic mass is 9.95. The van der Waals surface area contributed by atoms with Crippen LogP contribution in [0.4, 0.5) is 0 Å². The summed E-state index contributed by atoms with van der Waals surface area (Å²) in [6.07, 6.45) is 29.3. The third-order valence-electron chi connectivity index (χ3n) is 17.0. The van der Waals surface area contributed by atoms with Crippen molar-refractivity contribution in [1.82, 2.24) is 10.6 Å². The molecule has 2 aliphatic rings. The first-order valence-corrected chi connectivity index (χ1v) is 38.2. The van der Waals surface area contributed by atoms with Crippen molar-refractivity contribution in [3.63, 3.8) is 0 Å². The summed E-state index contributed by atoms with van der Waals surface area (Å²) in [6.45, 7) is 8.02. The van der Waals surface area contributed by atoms with E-state index in [4.69, 9.17) is 42.2 Å². The highest BCUT2D eigenvalue weighted by Gasteiger charge is 2.53. The molecular formula is C66H128N2O19P2. The van der Waals surface area contributed by atoms with Gasteiger partial charge in [0.25, 0.3) is 0 Å². The summed E-state index contributed by atoms with van der Waals surface area (Å²) in [5, 5.41) is 29.9. The lowest BCUT2D eigenvalue weighted by Gasteiger charge is -2.48. The van der Waals surface area contributed by atoms with Gasteiger partial charge < -0.3 is 68.3 Å². The Morgan fingerprint density at radius 2 is 0.978 bits per heavy atom. The zero-order chi connectivity index (χ0) is 65.4. The number of phosphoric ester groups is 2. The molecule has 0 aromatic carbocycles. The van der Waals surface area contributed by atoms with Crippen molar-refractivity contribution >= 4 is 27.3 Å². The molecule has 0 bridgehead atoms. The molecule has 2 fully saturated rings. The van der Waals surface area contributed by atoms with Gasteiger partial charge in [0, 0.05) is 33.9 Å². The minimum atomic E-state index is -5.38. The maximum Gasteiger partial charge on any atom is 0.472 e. The molecule has 2 saturated heterocycles. The number of aliphatic hydroxyl groups excluding tert-OH is 2. The predicted octanol–water partition coefficient (Wildman–Crippen LogP) is 13.4. The summed E-state index contributed by atoms with van der Waals surface area (Å²) in [6, 6.07) is -2.72. The molecule has 0 aromatic heterocycles. The monoisotopic (exact) mass is 1310 g/mol. The molecule has 1 amide bonds. The highest BCUT2D eigenvalue weighted by molar-refractivity contribution is 7.46. The quantitative estimate of drug-likeness (QED) is 0.00923. The summed E-state index contributed by atoms with van der Waals surface area (Å²) >= 11 is 0. The first-order valence-electron chi connectivity index (χ1n) is 35.1. The van der Waals surface area contributed by atoms with Crippen LogP contribution in [0, 0.1) is 0 Å². The molecule has 21 nitrogen and oxygen atoms in total. The van der Waals surface area contributed by atoms with Gasteiger partial charge in [-0.25, -0.2) is 9.13 Å². The van der Waals surface area contributed by atoms with Gasteiger partial charge in [-0.15, -0.1) is 0 Å². The minimum Gasteiger partial charge on any atom is -0.388 e. The number of nitrogens with one attached hydrogen (secondary N) is 2. The number of hydrogen-bond donors (Lipinski definition) is 8. The van der Waals surface area contributed by atoms with Gasteiger partial charge in [0.15, 0.2) is 12.6 Å². The van der Waals surface area contributed by atoms with Crippen LogP contribution in [0.3, 0.4) is 0 Å². The van der Waals surface area contributed by atoms with E-state index in [0.29, 0.717) is 25.7 Å². The fourth-order valence-electron chi connectivity index (χ4n) is 11.8. The van der Waals surface area contributed by atoms with Crippen molar-refractivity contribution < 1.29 is 90.7 Å². The Kier molecular flexibility index (Phi) is 49.8. The molecule has 89 heavy (non-hydrogen) atoms. The van der Waals surface area contributed by atoms with E-state index in [-0.39, 0.29) is 44.5 Å². The molecule has 0 saturated carbocycles. The smallest absolute Gasteiger partial charge is 0.388 e. The van der Waals surface area contributed by atoms with E-state index in [0.717, 1.165) is 161 Å².